The van der Waals surface area contributed by atoms with Crippen LogP contribution in [0.3, 0.4) is 0 Å². The molecule has 0 bridgehead atoms. The molecule has 0 spiro atoms. The van der Waals surface area contributed by atoms with Gasteiger partial charge < -0.3 is 15.7 Å². The van der Waals surface area contributed by atoms with E-state index in [-0.39, 0.29) is 17.9 Å². The highest BCUT2D eigenvalue weighted by molar-refractivity contribution is 5.78. The quantitative estimate of drug-likeness (QED) is 0.653. The number of carboxylic acids is 1. The molecule has 0 heterocycles. The first-order chi connectivity index (χ1) is 8.65. The molecule has 2 aliphatic carbocycles. The van der Waals surface area contributed by atoms with Crippen LogP contribution in [0.5, 0.6) is 0 Å². The molecule has 5 nitrogen and oxygen atoms in total. The Kier molecular flexibility index (Phi) is 4.58. The second-order valence-electron chi connectivity index (χ2n) is 5.53. The molecule has 2 saturated carbocycles. The molecule has 5 heteroatoms. The fourth-order valence-electron chi connectivity index (χ4n) is 2.48. The van der Waals surface area contributed by atoms with Gasteiger partial charge in [-0.1, -0.05) is 0 Å². The summed E-state index contributed by atoms with van der Waals surface area (Å²) in [6.45, 7) is 1.33. The lowest BCUT2D eigenvalue weighted by molar-refractivity contribution is -0.142. The highest BCUT2D eigenvalue weighted by Gasteiger charge is 2.26. The van der Waals surface area contributed by atoms with Gasteiger partial charge in [0.15, 0.2) is 0 Å². The monoisotopic (exact) mass is 254 g/mol. The second kappa shape index (κ2) is 6.18. The van der Waals surface area contributed by atoms with Gasteiger partial charge in [-0.2, -0.15) is 0 Å². The molecule has 0 saturated heterocycles. The number of aliphatic carboxylic acids is 1. The van der Waals surface area contributed by atoms with Crippen LogP contribution in [0.15, 0.2) is 0 Å². The van der Waals surface area contributed by atoms with E-state index in [9.17, 15) is 9.59 Å². The largest absolute Gasteiger partial charge is 0.481 e. The number of amides is 1. The molecule has 1 amide bonds. The lowest BCUT2D eigenvalue weighted by atomic mass is 9.86. The molecule has 2 aliphatic rings. The van der Waals surface area contributed by atoms with Gasteiger partial charge in [0, 0.05) is 6.04 Å². The topological polar surface area (TPSA) is 78.4 Å². The number of carboxylic acid groups (broad SMARTS) is 1. The first-order valence-electron chi connectivity index (χ1n) is 6.88. The zero-order valence-corrected chi connectivity index (χ0v) is 10.7. The minimum absolute atomic E-state index is 0.0365. The van der Waals surface area contributed by atoms with Crippen molar-refractivity contribution in [3.63, 3.8) is 0 Å². The molecule has 18 heavy (non-hydrogen) atoms. The van der Waals surface area contributed by atoms with E-state index in [1.165, 1.54) is 12.8 Å². The number of hydrogen-bond donors (Lipinski definition) is 3. The van der Waals surface area contributed by atoms with Crippen molar-refractivity contribution in [1.29, 1.82) is 0 Å². The van der Waals surface area contributed by atoms with E-state index in [4.69, 9.17) is 5.11 Å². The number of carbonyl (C=O) groups excluding carboxylic acids is 1. The molecule has 0 aromatic carbocycles. The number of rotatable bonds is 6. The van der Waals surface area contributed by atoms with E-state index in [0.717, 1.165) is 25.3 Å². The predicted octanol–water partition coefficient (Wildman–Crippen LogP) is 0.746. The van der Waals surface area contributed by atoms with Gasteiger partial charge in [0.2, 0.25) is 5.91 Å². The molecule has 3 N–H and O–H groups in total. The SMILES string of the molecule is O=C(CNCC1CC1)NC1CCC(C(=O)O)CC1. The van der Waals surface area contributed by atoms with E-state index in [1.54, 1.807) is 0 Å². The minimum atomic E-state index is -0.703. The molecule has 0 aliphatic heterocycles. The Balaban J connectivity index is 1.58. The summed E-state index contributed by atoms with van der Waals surface area (Å²) in [5.41, 5.74) is 0. The third kappa shape index (κ3) is 4.29. The third-order valence-electron chi connectivity index (χ3n) is 3.86. The summed E-state index contributed by atoms with van der Waals surface area (Å²) in [5.74, 6) is -0.102. The Bertz CT molecular complexity index is 307. The van der Waals surface area contributed by atoms with Crippen LogP contribution in [0.1, 0.15) is 38.5 Å². The zero-order valence-electron chi connectivity index (χ0n) is 10.7. The highest BCUT2D eigenvalue weighted by atomic mass is 16.4. The lowest BCUT2D eigenvalue weighted by Gasteiger charge is -2.26. The molecular formula is C13H22N2O3. The van der Waals surface area contributed by atoms with Crippen molar-refractivity contribution in [1.82, 2.24) is 10.6 Å². The van der Waals surface area contributed by atoms with Crippen molar-refractivity contribution >= 4 is 11.9 Å². The Labute approximate surface area is 107 Å². The lowest BCUT2D eigenvalue weighted by Crippen LogP contribution is -2.43. The maximum Gasteiger partial charge on any atom is 0.306 e. The second-order valence-corrected chi connectivity index (χ2v) is 5.53. The fourth-order valence-corrected chi connectivity index (χ4v) is 2.48. The Hall–Kier alpha value is -1.10. The van der Waals surface area contributed by atoms with Gasteiger partial charge >= 0.3 is 5.97 Å². The van der Waals surface area contributed by atoms with Crippen molar-refractivity contribution in [3.05, 3.63) is 0 Å². The number of hydrogen-bond acceptors (Lipinski definition) is 3. The van der Waals surface area contributed by atoms with Crippen molar-refractivity contribution < 1.29 is 14.7 Å². The van der Waals surface area contributed by atoms with E-state index in [1.807, 2.05) is 0 Å². The van der Waals surface area contributed by atoms with Crippen LogP contribution >= 0.6 is 0 Å². The van der Waals surface area contributed by atoms with Gasteiger partial charge in [-0.15, -0.1) is 0 Å². The molecule has 2 fully saturated rings. The van der Waals surface area contributed by atoms with Gasteiger partial charge in [0.05, 0.1) is 12.5 Å². The number of carbonyl (C=O) groups is 2. The highest BCUT2D eigenvalue weighted by Crippen LogP contribution is 2.27. The Morgan fingerprint density at radius 1 is 1.06 bits per heavy atom. The van der Waals surface area contributed by atoms with Gasteiger partial charge in [0.25, 0.3) is 0 Å². The van der Waals surface area contributed by atoms with E-state index in [0.29, 0.717) is 19.4 Å². The van der Waals surface area contributed by atoms with Crippen LogP contribution in [-0.4, -0.2) is 36.1 Å². The summed E-state index contributed by atoms with van der Waals surface area (Å²) in [7, 11) is 0. The van der Waals surface area contributed by atoms with Crippen LogP contribution in [0.25, 0.3) is 0 Å². The van der Waals surface area contributed by atoms with Crippen LogP contribution in [0, 0.1) is 11.8 Å². The first kappa shape index (κ1) is 13.3. The number of nitrogens with one attached hydrogen (secondary N) is 2. The smallest absolute Gasteiger partial charge is 0.306 e. The fraction of sp³-hybridized carbons (Fsp3) is 0.846. The summed E-state index contributed by atoms with van der Waals surface area (Å²) in [6.07, 6.45) is 5.49. The van der Waals surface area contributed by atoms with Crippen molar-refractivity contribution in [2.75, 3.05) is 13.1 Å². The van der Waals surface area contributed by atoms with E-state index >= 15 is 0 Å². The molecule has 0 unspecified atom stereocenters. The van der Waals surface area contributed by atoms with Crippen molar-refractivity contribution in [3.8, 4) is 0 Å². The van der Waals surface area contributed by atoms with Crippen LogP contribution in [0.4, 0.5) is 0 Å². The molecule has 0 aromatic heterocycles. The normalized spacial score (nSPS) is 27.8. The van der Waals surface area contributed by atoms with Gasteiger partial charge in [0.1, 0.15) is 0 Å². The zero-order chi connectivity index (χ0) is 13.0. The maximum atomic E-state index is 11.6. The standard InChI is InChI=1S/C13H22N2O3/c16-12(8-14-7-9-1-2-9)15-11-5-3-10(4-6-11)13(17)18/h9-11,14H,1-8H2,(H,15,16)(H,17,18). The maximum absolute atomic E-state index is 11.6. The minimum Gasteiger partial charge on any atom is -0.481 e. The average molecular weight is 254 g/mol. The predicted molar refractivity (Wildman–Crippen MR) is 67.1 cm³/mol. The van der Waals surface area contributed by atoms with Crippen LogP contribution in [0.2, 0.25) is 0 Å². The van der Waals surface area contributed by atoms with Gasteiger partial charge in [-0.05, 0) is 51.0 Å². The third-order valence-corrected chi connectivity index (χ3v) is 3.86. The van der Waals surface area contributed by atoms with Crippen LogP contribution < -0.4 is 10.6 Å². The molecular weight excluding hydrogens is 232 g/mol. The van der Waals surface area contributed by atoms with E-state index in [2.05, 4.69) is 10.6 Å². The van der Waals surface area contributed by atoms with Crippen molar-refractivity contribution in [2.24, 2.45) is 11.8 Å². The summed E-state index contributed by atoms with van der Waals surface area (Å²) in [6, 6.07) is 0.163. The summed E-state index contributed by atoms with van der Waals surface area (Å²) < 4.78 is 0. The molecule has 0 radical (unpaired) electrons. The van der Waals surface area contributed by atoms with Gasteiger partial charge in [-0.25, -0.2) is 0 Å². The summed E-state index contributed by atoms with van der Waals surface area (Å²) >= 11 is 0. The van der Waals surface area contributed by atoms with Crippen molar-refractivity contribution in [2.45, 2.75) is 44.6 Å². The average Bonchev–Trinajstić information content (AvgIpc) is 3.13. The van der Waals surface area contributed by atoms with Gasteiger partial charge in [-0.3, -0.25) is 9.59 Å². The van der Waals surface area contributed by atoms with E-state index < -0.39 is 5.97 Å². The Morgan fingerprint density at radius 2 is 1.72 bits per heavy atom. The summed E-state index contributed by atoms with van der Waals surface area (Å²) in [4.78, 5) is 22.4. The first-order valence-corrected chi connectivity index (χ1v) is 6.88. The molecule has 0 atom stereocenters. The molecule has 102 valence electrons. The molecule has 0 aromatic rings. The molecule has 2 rings (SSSR count). The Morgan fingerprint density at radius 3 is 2.28 bits per heavy atom. The van der Waals surface area contributed by atoms with Crippen LogP contribution in [-0.2, 0) is 9.59 Å². The summed E-state index contributed by atoms with van der Waals surface area (Å²) in [5, 5.41) is 15.0.